The van der Waals surface area contributed by atoms with Gasteiger partial charge in [0.05, 0.1) is 7.11 Å². The Kier molecular flexibility index (Phi) is 3.85. The number of rotatable bonds is 4. The zero-order chi connectivity index (χ0) is 16.4. The summed E-state index contributed by atoms with van der Waals surface area (Å²) in [5, 5.41) is 0. The van der Waals surface area contributed by atoms with E-state index in [0.29, 0.717) is 17.2 Å². The van der Waals surface area contributed by atoms with Crippen LogP contribution < -0.4 is 10.5 Å². The summed E-state index contributed by atoms with van der Waals surface area (Å²) < 4.78 is 5.15. The minimum absolute atomic E-state index is 0.298. The molecular formula is C18H17N3O2. The first-order valence-electron chi connectivity index (χ1n) is 7.20. The average molecular weight is 307 g/mol. The molecule has 3 rings (SSSR count). The van der Waals surface area contributed by atoms with E-state index < -0.39 is 5.91 Å². The van der Waals surface area contributed by atoms with Crippen molar-refractivity contribution in [2.45, 2.75) is 6.92 Å². The van der Waals surface area contributed by atoms with Crippen LogP contribution in [0, 0.1) is 6.92 Å². The van der Waals surface area contributed by atoms with Crippen LogP contribution in [0.25, 0.3) is 22.6 Å². The number of ether oxygens (including phenoxy) is 1. The third-order valence-electron chi connectivity index (χ3n) is 3.61. The molecule has 0 saturated carbocycles. The van der Waals surface area contributed by atoms with Gasteiger partial charge in [0.1, 0.15) is 23.0 Å². The van der Waals surface area contributed by atoms with Gasteiger partial charge in [0.15, 0.2) is 0 Å². The van der Waals surface area contributed by atoms with Gasteiger partial charge in [-0.1, -0.05) is 23.8 Å². The first-order chi connectivity index (χ1) is 11.1. The Morgan fingerprint density at radius 3 is 2.48 bits per heavy atom. The van der Waals surface area contributed by atoms with Crippen molar-refractivity contribution in [3.8, 4) is 28.4 Å². The van der Waals surface area contributed by atoms with Crippen molar-refractivity contribution in [1.29, 1.82) is 0 Å². The van der Waals surface area contributed by atoms with Crippen molar-refractivity contribution < 1.29 is 9.53 Å². The van der Waals surface area contributed by atoms with Crippen LogP contribution in [-0.4, -0.2) is 23.0 Å². The number of nitrogens with two attached hydrogens (primary N) is 1. The lowest BCUT2D eigenvalue weighted by Crippen LogP contribution is -2.12. The molecule has 0 aliphatic rings. The lowest BCUT2D eigenvalue weighted by atomic mass is 10.1. The van der Waals surface area contributed by atoms with Crippen LogP contribution in [0.15, 0.2) is 48.5 Å². The van der Waals surface area contributed by atoms with Gasteiger partial charge in [-0.25, -0.2) is 4.98 Å². The van der Waals surface area contributed by atoms with E-state index in [-0.39, 0.29) is 0 Å². The number of imidazole rings is 1. The predicted molar refractivity (Wildman–Crippen MR) is 89.3 cm³/mol. The SMILES string of the molecule is COc1ccc(-c2nc(-c3cccc(C)c3)[nH]c2C(N)=O)cc1. The Balaban J connectivity index is 2.10. The van der Waals surface area contributed by atoms with E-state index in [4.69, 9.17) is 10.5 Å². The second-order valence-corrected chi connectivity index (χ2v) is 5.27. The number of aromatic nitrogens is 2. The number of aryl methyl sites for hydroxylation is 1. The number of carbonyl (C=O) groups is 1. The van der Waals surface area contributed by atoms with E-state index in [1.54, 1.807) is 7.11 Å². The van der Waals surface area contributed by atoms with Gasteiger partial charge in [-0.05, 0) is 37.3 Å². The van der Waals surface area contributed by atoms with Crippen LogP contribution in [0.2, 0.25) is 0 Å². The molecule has 5 nitrogen and oxygen atoms in total. The molecule has 116 valence electrons. The molecule has 5 heteroatoms. The topological polar surface area (TPSA) is 81.0 Å². The summed E-state index contributed by atoms with van der Waals surface area (Å²) in [5.41, 5.74) is 9.16. The van der Waals surface area contributed by atoms with E-state index in [1.165, 1.54) is 0 Å². The fraction of sp³-hybridized carbons (Fsp3) is 0.111. The molecule has 0 saturated heterocycles. The van der Waals surface area contributed by atoms with Crippen LogP contribution in [0.4, 0.5) is 0 Å². The molecule has 2 aromatic carbocycles. The van der Waals surface area contributed by atoms with Crippen molar-refractivity contribution in [2.75, 3.05) is 7.11 Å². The fourth-order valence-corrected chi connectivity index (χ4v) is 2.44. The van der Waals surface area contributed by atoms with Gasteiger partial charge in [0, 0.05) is 11.1 Å². The maximum absolute atomic E-state index is 11.8. The lowest BCUT2D eigenvalue weighted by molar-refractivity contribution is 0.0997. The molecule has 3 aromatic rings. The Labute approximate surface area is 134 Å². The Morgan fingerprint density at radius 1 is 1.13 bits per heavy atom. The molecule has 0 atom stereocenters. The van der Waals surface area contributed by atoms with Crippen LogP contribution >= 0.6 is 0 Å². The summed E-state index contributed by atoms with van der Waals surface area (Å²) in [6.07, 6.45) is 0. The zero-order valence-electron chi connectivity index (χ0n) is 13.0. The van der Waals surface area contributed by atoms with E-state index in [2.05, 4.69) is 9.97 Å². The number of aromatic amines is 1. The lowest BCUT2D eigenvalue weighted by Gasteiger charge is -2.02. The quantitative estimate of drug-likeness (QED) is 0.777. The molecule has 1 aromatic heterocycles. The summed E-state index contributed by atoms with van der Waals surface area (Å²) in [7, 11) is 1.61. The van der Waals surface area contributed by atoms with E-state index in [1.807, 2.05) is 55.5 Å². The molecular weight excluding hydrogens is 290 g/mol. The minimum atomic E-state index is -0.540. The molecule has 0 aliphatic heterocycles. The molecule has 0 radical (unpaired) electrons. The predicted octanol–water partition coefficient (Wildman–Crippen LogP) is 3.16. The number of hydrogen-bond donors (Lipinski definition) is 2. The zero-order valence-corrected chi connectivity index (χ0v) is 13.0. The molecule has 0 fully saturated rings. The molecule has 23 heavy (non-hydrogen) atoms. The highest BCUT2D eigenvalue weighted by molar-refractivity contribution is 5.98. The second kappa shape index (κ2) is 5.96. The second-order valence-electron chi connectivity index (χ2n) is 5.27. The Morgan fingerprint density at radius 2 is 1.87 bits per heavy atom. The standard InChI is InChI=1S/C18H17N3O2/c1-11-4-3-5-13(10-11)18-20-15(16(21-18)17(19)22)12-6-8-14(23-2)9-7-12/h3-10H,1-2H3,(H2,19,22)(H,20,21). The van der Waals surface area contributed by atoms with E-state index in [0.717, 1.165) is 22.4 Å². The third-order valence-corrected chi connectivity index (χ3v) is 3.61. The van der Waals surface area contributed by atoms with Crippen molar-refractivity contribution in [3.05, 3.63) is 59.8 Å². The van der Waals surface area contributed by atoms with Crippen molar-refractivity contribution in [3.63, 3.8) is 0 Å². The molecule has 0 aliphatic carbocycles. The monoisotopic (exact) mass is 307 g/mol. The highest BCUT2D eigenvalue weighted by atomic mass is 16.5. The Hall–Kier alpha value is -3.08. The van der Waals surface area contributed by atoms with Gasteiger partial charge in [0.25, 0.3) is 5.91 Å². The maximum Gasteiger partial charge on any atom is 0.267 e. The van der Waals surface area contributed by atoms with Crippen molar-refractivity contribution in [1.82, 2.24) is 9.97 Å². The summed E-state index contributed by atoms with van der Waals surface area (Å²) in [6, 6.07) is 15.2. The van der Waals surface area contributed by atoms with Gasteiger partial charge < -0.3 is 15.5 Å². The van der Waals surface area contributed by atoms with Crippen LogP contribution in [0.3, 0.4) is 0 Å². The molecule has 0 spiro atoms. The number of nitrogens with one attached hydrogen (secondary N) is 1. The molecule has 0 unspecified atom stereocenters. The first kappa shape index (κ1) is 14.8. The summed E-state index contributed by atoms with van der Waals surface area (Å²) >= 11 is 0. The van der Waals surface area contributed by atoms with Crippen molar-refractivity contribution >= 4 is 5.91 Å². The number of amides is 1. The summed E-state index contributed by atoms with van der Waals surface area (Å²) in [5.74, 6) is 0.819. The van der Waals surface area contributed by atoms with Gasteiger partial charge in [0.2, 0.25) is 0 Å². The molecule has 0 bridgehead atoms. The van der Waals surface area contributed by atoms with Gasteiger partial charge in [-0.3, -0.25) is 4.79 Å². The highest BCUT2D eigenvalue weighted by Gasteiger charge is 2.17. The van der Waals surface area contributed by atoms with E-state index in [9.17, 15) is 4.79 Å². The van der Waals surface area contributed by atoms with Gasteiger partial charge >= 0.3 is 0 Å². The molecule has 1 amide bonds. The highest BCUT2D eigenvalue weighted by Crippen LogP contribution is 2.27. The van der Waals surface area contributed by atoms with Crippen LogP contribution in [0.5, 0.6) is 5.75 Å². The maximum atomic E-state index is 11.8. The number of hydrogen-bond acceptors (Lipinski definition) is 3. The number of nitrogens with zero attached hydrogens (tertiary/aromatic N) is 1. The van der Waals surface area contributed by atoms with Crippen molar-refractivity contribution in [2.24, 2.45) is 5.73 Å². The number of H-pyrrole nitrogens is 1. The normalized spacial score (nSPS) is 10.5. The number of benzene rings is 2. The third kappa shape index (κ3) is 2.94. The molecule has 3 N–H and O–H groups in total. The summed E-state index contributed by atoms with van der Waals surface area (Å²) in [4.78, 5) is 19.4. The largest absolute Gasteiger partial charge is 0.497 e. The summed E-state index contributed by atoms with van der Waals surface area (Å²) in [6.45, 7) is 2.01. The molecule has 1 heterocycles. The average Bonchev–Trinajstić information content (AvgIpc) is 3.00. The first-order valence-corrected chi connectivity index (χ1v) is 7.20. The van der Waals surface area contributed by atoms with Crippen LogP contribution in [0.1, 0.15) is 16.1 Å². The number of primary amides is 1. The van der Waals surface area contributed by atoms with E-state index >= 15 is 0 Å². The Bertz CT molecular complexity index is 851. The van der Waals surface area contributed by atoms with Crippen LogP contribution in [-0.2, 0) is 0 Å². The number of carbonyl (C=O) groups excluding carboxylic acids is 1. The smallest absolute Gasteiger partial charge is 0.267 e. The van der Waals surface area contributed by atoms with Gasteiger partial charge in [-0.2, -0.15) is 0 Å². The fourth-order valence-electron chi connectivity index (χ4n) is 2.44. The minimum Gasteiger partial charge on any atom is -0.497 e. The van der Waals surface area contributed by atoms with Gasteiger partial charge in [-0.15, -0.1) is 0 Å². The number of methoxy groups -OCH3 is 1.